The van der Waals surface area contributed by atoms with E-state index in [0.29, 0.717) is 0 Å². The van der Waals surface area contributed by atoms with Crippen molar-refractivity contribution in [2.75, 3.05) is 11.4 Å². The van der Waals surface area contributed by atoms with E-state index in [4.69, 9.17) is 0 Å². The largest absolute Gasteiger partial charge is 0.353 e. The van der Waals surface area contributed by atoms with E-state index in [-0.39, 0.29) is 0 Å². The van der Waals surface area contributed by atoms with Crippen molar-refractivity contribution in [3.8, 4) is 0 Å². The lowest BCUT2D eigenvalue weighted by atomic mass is 9.85. The standard InChI is InChI=1S/C14H22BrN3/c1-10-12(9-15)14(17(2)16-10)18-8-7-11-5-3-4-6-13(11)18/h11,13H,3-9H2,1-2H3. The first kappa shape index (κ1) is 12.5. The SMILES string of the molecule is Cc1nn(C)c(N2CCC3CCCCC32)c1CBr. The van der Waals surface area contributed by atoms with Gasteiger partial charge in [-0.3, -0.25) is 4.68 Å². The Kier molecular flexibility index (Phi) is 3.39. The van der Waals surface area contributed by atoms with Crippen LogP contribution < -0.4 is 4.90 Å². The second-order valence-corrected chi connectivity index (χ2v) is 6.30. The lowest BCUT2D eigenvalue weighted by molar-refractivity contribution is 0.340. The molecule has 4 heteroatoms. The van der Waals surface area contributed by atoms with Crippen LogP contribution in [-0.4, -0.2) is 22.4 Å². The fourth-order valence-electron chi connectivity index (χ4n) is 3.87. The molecule has 3 rings (SSSR count). The minimum atomic E-state index is 0.770. The molecule has 0 radical (unpaired) electrons. The van der Waals surface area contributed by atoms with Crippen LogP contribution in [0.3, 0.4) is 0 Å². The summed E-state index contributed by atoms with van der Waals surface area (Å²) in [6, 6.07) is 0.770. The van der Waals surface area contributed by atoms with Crippen LogP contribution in [-0.2, 0) is 12.4 Å². The zero-order chi connectivity index (χ0) is 12.7. The van der Waals surface area contributed by atoms with Crippen molar-refractivity contribution >= 4 is 21.7 Å². The molecule has 1 saturated carbocycles. The maximum atomic E-state index is 4.61. The van der Waals surface area contributed by atoms with Gasteiger partial charge in [-0.1, -0.05) is 28.8 Å². The number of nitrogens with zero attached hydrogens (tertiary/aromatic N) is 3. The number of hydrogen-bond acceptors (Lipinski definition) is 2. The van der Waals surface area contributed by atoms with Gasteiger partial charge in [0.05, 0.1) is 5.69 Å². The maximum Gasteiger partial charge on any atom is 0.131 e. The Hall–Kier alpha value is -0.510. The zero-order valence-electron chi connectivity index (χ0n) is 11.3. The van der Waals surface area contributed by atoms with E-state index < -0.39 is 0 Å². The first-order valence-corrected chi connectivity index (χ1v) is 8.19. The Morgan fingerprint density at radius 3 is 2.83 bits per heavy atom. The van der Waals surface area contributed by atoms with E-state index in [1.54, 1.807) is 0 Å². The Morgan fingerprint density at radius 1 is 1.28 bits per heavy atom. The molecule has 1 aromatic heterocycles. The maximum absolute atomic E-state index is 4.61. The van der Waals surface area contributed by atoms with E-state index in [0.717, 1.165) is 17.3 Å². The van der Waals surface area contributed by atoms with Gasteiger partial charge in [0.15, 0.2) is 0 Å². The molecule has 3 nitrogen and oxygen atoms in total. The van der Waals surface area contributed by atoms with E-state index in [2.05, 4.69) is 44.6 Å². The smallest absolute Gasteiger partial charge is 0.131 e. The van der Waals surface area contributed by atoms with Crippen molar-refractivity contribution in [3.05, 3.63) is 11.3 Å². The summed E-state index contributed by atoms with van der Waals surface area (Å²) >= 11 is 3.63. The highest BCUT2D eigenvalue weighted by Crippen LogP contribution is 2.40. The molecule has 0 aromatic carbocycles. The molecule has 2 heterocycles. The summed E-state index contributed by atoms with van der Waals surface area (Å²) in [5.41, 5.74) is 2.55. The van der Waals surface area contributed by atoms with E-state index >= 15 is 0 Å². The van der Waals surface area contributed by atoms with Gasteiger partial charge in [0.1, 0.15) is 5.82 Å². The summed E-state index contributed by atoms with van der Waals surface area (Å²) in [6.45, 7) is 3.34. The summed E-state index contributed by atoms with van der Waals surface area (Å²) in [6.07, 6.45) is 7.01. The Bertz CT molecular complexity index is 440. The number of halogens is 1. The molecule has 1 saturated heterocycles. The predicted molar refractivity (Wildman–Crippen MR) is 78.3 cm³/mol. The molecule has 2 atom stereocenters. The van der Waals surface area contributed by atoms with Gasteiger partial charge in [0.25, 0.3) is 0 Å². The van der Waals surface area contributed by atoms with Crippen LogP contribution in [0, 0.1) is 12.8 Å². The Labute approximate surface area is 118 Å². The summed E-state index contributed by atoms with van der Waals surface area (Å²) < 4.78 is 2.09. The number of alkyl halides is 1. The van der Waals surface area contributed by atoms with E-state index in [9.17, 15) is 0 Å². The number of rotatable bonds is 2. The number of fused-ring (bicyclic) bond motifs is 1. The van der Waals surface area contributed by atoms with Crippen molar-refractivity contribution in [2.45, 2.75) is 50.4 Å². The Balaban J connectivity index is 1.95. The molecule has 1 aromatic rings. The first-order valence-electron chi connectivity index (χ1n) is 7.07. The molecular formula is C14H22BrN3. The van der Waals surface area contributed by atoms with Crippen molar-refractivity contribution in [2.24, 2.45) is 13.0 Å². The third kappa shape index (κ3) is 1.89. The van der Waals surface area contributed by atoms with E-state index in [1.807, 2.05) is 0 Å². The second kappa shape index (κ2) is 4.87. The van der Waals surface area contributed by atoms with Gasteiger partial charge in [0, 0.05) is 30.5 Å². The summed E-state index contributed by atoms with van der Waals surface area (Å²) in [5.74, 6) is 2.29. The van der Waals surface area contributed by atoms with Crippen LogP contribution >= 0.6 is 15.9 Å². The van der Waals surface area contributed by atoms with E-state index in [1.165, 1.54) is 55.7 Å². The highest BCUT2D eigenvalue weighted by molar-refractivity contribution is 9.08. The topological polar surface area (TPSA) is 21.1 Å². The van der Waals surface area contributed by atoms with Crippen LogP contribution in [0.5, 0.6) is 0 Å². The summed E-state index contributed by atoms with van der Waals surface area (Å²) in [5, 5.41) is 5.52. The molecule has 0 spiro atoms. The minimum absolute atomic E-state index is 0.770. The van der Waals surface area contributed by atoms with Crippen molar-refractivity contribution in [1.82, 2.24) is 9.78 Å². The number of aromatic nitrogens is 2. The quantitative estimate of drug-likeness (QED) is 0.781. The molecular weight excluding hydrogens is 290 g/mol. The Morgan fingerprint density at radius 2 is 2.06 bits per heavy atom. The summed E-state index contributed by atoms with van der Waals surface area (Å²) in [7, 11) is 2.09. The molecule has 1 aliphatic carbocycles. The minimum Gasteiger partial charge on any atom is -0.353 e. The lowest BCUT2D eigenvalue weighted by Crippen LogP contribution is -2.36. The average molecular weight is 312 g/mol. The van der Waals surface area contributed by atoms with Crippen LogP contribution in [0.4, 0.5) is 5.82 Å². The normalized spacial score (nSPS) is 27.6. The van der Waals surface area contributed by atoms with Gasteiger partial charge in [-0.15, -0.1) is 0 Å². The van der Waals surface area contributed by atoms with Gasteiger partial charge >= 0.3 is 0 Å². The van der Waals surface area contributed by atoms with Gasteiger partial charge in [-0.05, 0) is 32.1 Å². The predicted octanol–water partition coefficient (Wildman–Crippen LogP) is 3.39. The van der Waals surface area contributed by atoms with Crippen LogP contribution in [0.15, 0.2) is 0 Å². The highest BCUT2D eigenvalue weighted by Gasteiger charge is 2.37. The number of aryl methyl sites for hydroxylation is 2. The average Bonchev–Trinajstić information content (AvgIpc) is 2.89. The fraction of sp³-hybridized carbons (Fsp3) is 0.786. The van der Waals surface area contributed by atoms with Gasteiger partial charge in [0.2, 0.25) is 0 Å². The fourth-order valence-corrected chi connectivity index (χ4v) is 4.53. The van der Waals surface area contributed by atoms with Crippen LogP contribution in [0.25, 0.3) is 0 Å². The highest BCUT2D eigenvalue weighted by atomic mass is 79.9. The molecule has 1 aliphatic heterocycles. The molecule has 2 unspecified atom stereocenters. The van der Waals surface area contributed by atoms with Crippen molar-refractivity contribution in [3.63, 3.8) is 0 Å². The molecule has 100 valence electrons. The van der Waals surface area contributed by atoms with Gasteiger partial charge < -0.3 is 4.90 Å². The van der Waals surface area contributed by atoms with Gasteiger partial charge in [-0.25, -0.2) is 0 Å². The summed E-state index contributed by atoms with van der Waals surface area (Å²) in [4.78, 5) is 2.64. The third-order valence-corrected chi connectivity index (χ3v) is 5.29. The number of anilines is 1. The monoisotopic (exact) mass is 311 g/mol. The molecule has 2 aliphatic rings. The van der Waals surface area contributed by atoms with Crippen LogP contribution in [0.1, 0.15) is 43.4 Å². The lowest BCUT2D eigenvalue weighted by Gasteiger charge is -2.33. The van der Waals surface area contributed by atoms with Gasteiger partial charge in [-0.2, -0.15) is 5.10 Å². The molecule has 0 amide bonds. The number of hydrogen-bond donors (Lipinski definition) is 0. The zero-order valence-corrected chi connectivity index (χ0v) is 12.9. The molecule has 18 heavy (non-hydrogen) atoms. The molecule has 2 fully saturated rings. The molecule has 0 N–H and O–H groups in total. The van der Waals surface area contributed by atoms with Crippen molar-refractivity contribution < 1.29 is 0 Å². The third-order valence-electron chi connectivity index (χ3n) is 4.73. The van der Waals surface area contributed by atoms with Crippen molar-refractivity contribution in [1.29, 1.82) is 0 Å². The molecule has 0 bridgehead atoms. The van der Waals surface area contributed by atoms with Crippen LogP contribution in [0.2, 0.25) is 0 Å². The second-order valence-electron chi connectivity index (χ2n) is 5.74. The first-order chi connectivity index (χ1) is 8.72.